The van der Waals surface area contributed by atoms with Crippen molar-refractivity contribution >= 4 is 27.0 Å². The van der Waals surface area contributed by atoms with Crippen LogP contribution in [-0.4, -0.2) is 63.9 Å². The van der Waals surface area contributed by atoms with Gasteiger partial charge in [-0.25, -0.2) is 23.1 Å². The molecule has 1 aliphatic rings. The van der Waals surface area contributed by atoms with Crippen LogP contribution in [0.4, 0.5) is 5.82 Å². The van der Waals surface area contributed by atoms with Gasteiger partial charge in [0.15, 0.2) is 17.0 Å². The summed E-state index contributed by atoms with van der Waals surface area (Å²) in [6.07, 6.45) is 1.51. The molecule has 170 valence electrons. The molecule has 2 aromatic carbocycles. The van der Waals surface area contributed by atoms with E-state index in [1.54, 1.807) is 16.8 Å². The van der Waals surface area contributed by atoms with E-state index in [0.29, 0.717) is 54.6 Å². The van der Waals surface area contributed by atoms with Crippen LogP contribution in [0.3, 0.4) is 0 Å². The highest BCUT2D eigenvalue weighted by Crippen LogP contribution is 2.25. The quantitative estimate of drug-likeness (QED) is 0.448. The fraction of sp³-hybridized carbons (Fsp3) is 0.304. The first kappa shape index (κ1) is 21.5. The minimum atomic E-state index is -3.54. The predicted molar refractivity (Wildman–Crippen MR) is 126 cm³/mol. The lowest BCUT2D eigenvalue weighted by molar-refractivity contribution is 0.384. The largest absolute Gasteiger partial charge is 0.352 e. The highest BCUT2D eigenvalue weighted by Gasteiger charge is 2.30. The van der Waals surface area contributed by atoms with Gasteiger partial charge in [0.2, 0.25) is 10.0 Å². The van der Waals surface area contributed by atoms with Crippen molar-refractivity contribution in [2.45, 2.75) is 25.3 Å². The van der Waals surface area contributed by atoms with Crippen molar-refractivity contribution in [1.82, 2.24) is 29.3 Å². The Morgan fingerprint density at radius 3 is 2.39 bits per heavy atom. The first-order valence-electron chi connectivity index (χ1n) is 10.8. The first-order valence-corrected chi connectivity index (χ1v) is 12.3. The molecule has 1 fully saturated rings. The highest BCUT2D eigenvalue weighted by molar-refractivity contribution is 7.89. The Labute approximate surface area is 192 Å². The molecule has 0 atom stereocenters. The van der Waals surface area contributed by atoms with Crippen molar-refractivity contribution < 1.29 is 8.42 Å². The average Bonchev–Trinajstić information content (AvgIpc) is 3.24. The van der Waals surface area contributed by atoms with Gasteiger partial charge >= 0.3 is 0 Å². The van der Waals surface area contributed by atoms with Crippen LogP contribution >= 0.6 is 0 Å². The van der Waals surface area contributed by atoms with Crippen molar-refractivity contribution in [3.8, 4) is 0 Å². The van der Waals surface area contributed by atoms with Crippen LogP contribution in [0.25, 0.3) is 11.2 Å². The number of sulfonamides is 1. The van der Waals surface area contributed by atoms with Crippen LogP contribution in [0.2, 0.25) is 0 Å². The molecule has 0 spiro atoms. The minimum absolute atomic E-state index is 0.340. The molecule has 0 amide bonds. The van der Waals surface area contributed by atoms with E-state index < -0.39 is 10.0 Å². The number of anilines is 1. The fourth-order valence-corrected chi connectivity index (χ4v) is 5.55. The van der Waals surface area contributed by atoms with Crippen LogP contribution in [0, 0.1) is 13.8 Å². The standard InChI is InChI=1S/C23H25N7O2S/c1-17-8-9-20(14-18(17)2)33(31,32)29-12-10-28(11-13-29)22-21-23(25-16-24-22)30(27-26-21)15-19-6-4-3-5-7-19/h3-9,14,16H,10-13,15H2,1-2H3. The molecule has 33 heavy (non-hydrogen) atoms. The third-order valence-electron chi connectivity index (χ3n) is 6.11. The van der Waals surface area contributed by atoms with Crippen molar-refractivity contribution in [3.63, 3.8) is 0 Å². The van der Waals surface area contributed by atoms with Gasteiger partial charge in [0, 0.05) is 26.2 Å². The van der Waals surface area contributed by atoms with Gasteiger partial charge in [-0.2, -0.15) is 4.31 Å². The van der Waals surface area contributed by atoms with Gasteiger partial charge < -0.3 is 4.90 Å². The molecule has 0 N–H and O–H groups in total. The van der Waals surface area contributed by atoms with E-state index in [0.717, 1.165) is 16.7 Å². The normalized spacial score (nSPS) is 15.3. The van der Waals surface area contributed by atoms with Gasteiger partial charge in [0.1, 0.15) is 6.33 Å². The summed E-state index contributed by atoms with van der Waals surface area (Å²) in [5.41, 5.74) is 4.44. The number of fused-ring (bicyclic) bond motifs is 1. The Bertz CT molecular complexity index is 1400. The van der Waals surface area contributed by atoms with Gasteiger partial charge in [-0.3, -0.25) is 0 Å². The van der Waals surface area contributed by atoms with Crippen molar-refractivity contribution in [2.24, 2.45) is 0 Å². The van der Waals surface area contributed by atoms with Crippen LogP contribution in [0.1, 0.15) is 16.7 Å². The Morgan fingerprint density at radius 2 is 1.67 bits per heavy atom. The van der Waals surface area contributed by atoms with Crippen molar-refractivity contribution in [3.05, 3.63) is 71.5 Å². The summed E-state index contributed by atoms with van der Waals surface area (Å²) in [4.78, 5) is 11.2. The summed E-state index contributed by atoms with van der Waals surface area (Å²) in [5.74, 6) is 0.683. The average molecular weight is 464 g/mol. The molecular formula is C23H25N7O2S. The van der Waals surface area contributed by atoms with Gasteiger partial charge in [0.25, 0.3) is 0 Å². The molecule has 0 unspecified atom stereocenters. The van der Waals surface area contributed by atoms with Crippen LogP contribution < -0.4 is 4.90 Å². The maximum Gasteiger partial charge on any atom is 0.243 e. The topological polar surface area (TPSA) is 97.1 Å². The Morgan fingerprint density at radius 1 is 0.909 bits per heavy atom. The third-order valence-corrected chi connectivity index (χ3v) is 8.00. The summed E-state index contributed by atoms with van der Waals surface area (Å²) in [5, 5.41) is 8.62. The van der Waals surface area contributed by atoms with Gasteiger partial charge in [0.05, 0.1) is 11.4 Å². The molecular weight excluding hydrogens is 438 g/mol. The molecule has 5 rings (SSSR count). The molecule has 0 aliphatic carbocycles. The fourth-order valence-electron chi connectivity index (χ4n) is 4.04. The van der Waals surface area contributed by atoms with Gasteiger partial charge in [-0.1, -0.05) is 41.6 Å². The lowest BCUT2D eigenvalue weighted by atomic mass is 10.1. The second-order valence-electron chi connectivity index (χ2n) is 8.24. The predicted octanol–water partition coefficient (Wildman–Crippen LogP) is 2.40. The first-order chi connectivity index (χ1) is 15.9. The minimum Gasteiger partial charge on any atom is -0.352 e. The molecule has 1 aliphatic heterocycles. The van der Waals surface area contributed by atoms with Crippen molar-refractivity contribution in [2.75, 3.05) is 31.1 Å². The second-order valence-corrected chi connectivity index (χ2v) is 10.2. The lowest BCUT2D eigenvalue weighted by Gasteiger charge is -2.34. The highest BCUT2D eigenvalue weighted by atomic mass is 32.2. The monoisotopic (exact) mass is 463 g/mol. The molecule has 10 heteroatoms. The van der Waals surface area contributed by atoms with E-state index in [1.165, 1.54) is 10.6 Å². The molecule has 2 aromatic heterocycles. The summed E-state index contributed by atoms with van der Waals surface area (Å²) >= 11 is 0. The number of hydrogen-bond donors (Lipinski definition) is 0. The second kappa shape index (κ2) is 8.53. The van der Waals surface area contributed by atoms with Gasteiger partial charge in [-0.15, -0.1) is 5.10 Å². The van der Waals surface area contributed by atoms with Gasteiger partial charge in [-0.05, 0) is 42.7 Å². The number of aromatic nitrogens is 5. The number of piperazine rings is 1. The molecule has 9 nitrogen and oxygen atoms in total. The number of nitrogens with zero attached hydrogens (tertiary/aromatic N) is 7. The third kappa shape index (κ3) is 4.07. The van der Waals surface area contributed by atoms with Crippen molar-refractivity contribution in [1.29, 1.82) is 0 Å². The molecule has 4 aromatic rings. The van der Waals surface area contributed by atoms with E-state index in [-0.39, 0.29) is 0 Å². The smallest absolute Gasteiger partial charge is 0.243 e. The maximum absolute atomic E-state index is 13.1. The molecule has 0 bridgehead atoms. The van der Waals surface area contributed by atoms with E-state index in [9.17, 15) is 8.42 Å². The Balaban J connectivity index is 1.35. The van der Waals surface area contributed by atoms with E-state index in [4.69, 9.17) is 0 Å². The van der Waals surface area contributed by atoms with E-state index in [1.807, 2.05) is 50.2 Å². The SMILES string of the molecule is Cc1ccc(S(=O)(=O)N2CCN(c3ncnc4c3nnn4Cc3ccccc3)CC2)cc1C. The zero-order valence-corrected chi connectivity index (χ0v) is 19.4. The zero-order valence-electron chi connectivity index (χ0n) is 18.6. The molecule has 0 radical (unpaired) electrons. The van der Waals surface area contributed by atoms with Crippen LogP contribution in [0.5, 0.6) is 0 Å². The lowest BCUT2D eigenvalue weighted by Crippen LogP contribution is -2.49. The van der Waals surface area contributed by atoms with Crippen LogP contribution in [-0.2, 0) is 16.6 Å². The Kier molecular flexibility index (Phi) is 5.55. The van der Waals surface area contributed by atoms with Crippen LogP contribution in [0.15, 0.2) is 59.8 Å². The van der Waals surface area contributed by atoms with E-state index >= 15 is 0 Å². The number of benzene rings is 2. The maximum atomic E-state index is 13.1. The number of hydrogen-bond acceptors (Lipinski definition) is 7. The zero-order chi connectivity index (χ0) is 23.0. The summed E-state index contributed by atoms with van der Waals surface area (Å²) in [6, 6.07) is 15.3. The summed E-state index contributed by atoms with van der Waals surface area (Å²) in [6.45, 7) is 6.25. The van der Waals surface area contributed by atoms with E-state index in [2.05, 4.69) is 25.2 Å². The number of aryl methyl sites for hydroxylation is 2. The molecule has 0 saturated carbocycles. The Hall–Kier alpha value is -3.37. The summed E-state index contributed by atoms with van der Waals surface area (Å²) in [7, 11) is -3.54. The summed E-state index contributed by atoms with van der Waals surface area (Å²) < 4.78 is 29.6. The molecule has 1 saturated heterocycles. The molecule has 3 heterocycles. The number of rotatable bonds is 5.